The molecule has 2 aromatic heterocycles. The van der Waals surface area contributed by atoms with Crippen molar-refractivity contribution < 1.29 is 9.59 Å². The van der Waals surface area contributed by atoms with E-state index in [0.717, 1.165) is 11.8 Å². The number of carbonyl (C=O) groups is 2. The van der Waals surface area contributed by atoms with Crippen LogP contribution in [0.5, 0.6) is 0 Å². The monoisotopic (exact) mass is 335 g/mol. The predicted molar refractivity (Wildman–Crippen MR) is 91.4 cm³/mol. The van der Waals surface area contributed by atoms with Gasteiger partial charge in [-0.05, 0) is 31.0 Å². The highest BCUT2D eigenvalue weighted by Crippen LogP contribution is 2.09. The zero-order chi connectivity index (χ0) is 17.6. The second-order valence-electron chi connectivity index (χ2n) is 5.54. The van der Waals surface area contributed by atoms with E-state index in [9.17, 15) is 9.59 Å². The second kappa shape index (κ2) is 7.48. The molecule has 1 atom stereocenters. The molecule has 0 spiro atoms. The highest BCUT2D eigenvalue weighted by Gasteiger charge is 2.20. The Balaban J connectivity index is 1.80. The van der Waals surface area contributed by atoms with E-state index >= 15 is 0 Å². The minimum Gasteiger partial charge on any atom is -0.341 e. The Morgan fingerprint density at radius 1 is 1.20 bits per heavy atom. The molecule has 3 aromatic rings. The topological polar surface area (TPSA) is 89.8 Å². The van der Waals surface area contributed by atoms with Crippen LogP contribution < -0.4 is 5.32 Å². The maximum Gasteiger partial charge on any atom is 0.270 e. The maximum atomic E-state index is 12.6. The van der Waals surface area contributed by atoms with Crippen LogP contribution in [0.15, 0.2) is 54.9 Å². The summed E-state index contributed by atoms with van der Waals surface area (Å²) >= 11 is 0. The number of hydrogen-bond donors (Lipinski definition) is 1. The normalized spacial score (nSPS) is 11.7. The average Bonchev–Trinajstić information content (AvgIpc) is 3.04. The van der Waals surface area contributed by atoms with Crippen LogP contribution in [0.4, 0.5) is 0 Å². The SMILES string of the molecule is Cc1cc(C(=O)NC(C=O)Cc2ccccc2)n(-c2ncccn2)n1. The standard InChI is InChI=1S/C18H17N5O2/c1-13-10-16(23(22-13)18-19-8-5-9-20-18)17(25)21-15(12-24)11-14-6-3-2-4-7-14/h2-10,12,15H,11H2,1H3,(H,21,25). The fourth-order valence-corrected chi connectivity index (χ4v) is 2.46. The van der Waals surface area contributed by atoms with Crippen molar-refractivity contribution in [3.63, 3.8) is 0 Å². The van der Waals surface area contributed by atoms with E-state index in [0.29, 0.717) is 18.1 Å². The molecule has 0 saturated carbocycles. The van der Waals surface area contributed by atoms with Crippen LogP contribution in [-0.2, 0) is 11.2 Å². The van der Waals surface area contributed by atoms with Crippen LogP contribution >= 0.6 is 0 Å². The number of hydrogen-bond acceptors (Lipinski definition) is 5. The third-order valence-electron chi connectivity index (χ3n) is 3.58. The van der Waals surface area contributed by atoms with Crippen LogP contribution in [-0.4, -0.2) is 38.0 Å². The molecular weight excluding hydrogens is 318 g/mol. The Bertz CT molecular complexity index is 862. The van der Waals surface area contributed by atoms with Gasteiger partial charge in [-0.3, -0.25) is 4.79 Å². The van der Waals surface area contributed by atoms with Crippen LogP contribution in [0.25, 0.3) is 5.95 Å². The Hall–Kier alpha value is -3.35. The predicted octanol–water partition coefficient (Wildman–Crippen LogP) is 1.51. The van der Waals surface area contributed by atoms with Gasteiger partial charge in [0.2, 0.25) is 0 Å². The van der Waals surface area contributed by atoms with Crippen LogP contribution in [0.1, 0.15) is 21.7 Å². The molecule has 1 N–H and O–H groups in total. The summed E-state index contributed by atoms with van der Waals surface area (Å²) < 4.78 is 1.37. The minimum atomic E-state index is -0.629. The Morgan fingerprint density at radius 3 is 2.60 bits per heavy atom. The largest absolute Gasteiger partial charge is 0.341 e. The van der Waals surface area contributed by atoms with Gasteiger partial charge in [-0.2, -0.15) is 9.78 Å². The maximum absolute atomic E-state index is 12.6. The number of aromatic nitrogens is 4. The Morgan fingerprint density at radius 2 is 1.92 bits per heavy atom. The van der Waals surface area contributed by atoms with Crippen LogP contribution in [0.3, 0.4) is 0 Å². The second-order valence-corrected chi connectivity index (χ2v) is 5.54. The van der Waals surface area contributed by atoms with Gasteiger partial charge >= 0.3 is 0 Å². The van der Waals surface area contributed by atoms with Crippen molar-refractivity contribution in [2.75, 3.05) is 0 Å². The number of nitrogens with zero attached hydrogens (tertiary/aromatic N) is 4. The number of benzene rings is 1. The lowest BCUT2D eigenvalue weighted by molar-refractivity contribution is -0.109. The van der Waals surface area contributed by atoms with Crippen molar-refractivity contribution in [1.29, 1.82) is 0 Å². The summed E-state index contributed by atoms with van der Waals surface area (Å²) in [5, 5.41) is 6.99. The highest BCUT2D eigenvalue weighted by molar-refractivity contribution is 5.94. The van der Waals surface area contributed by atoms with Crippen LogP contribution in [0, 0.1) is 6.92 Å². The molecule has 7 heteroatoms. The first kappa shape index (κ1) is 16.5. The molecule has 1 aromatic carbocycles. The van der Waals surface area contributed by atoms with Gasteiger partial charge in [0.25, 0.3) is 11.9 Å². The minimum absolute atomic E-state index is 0.281. The summed E-state index contributed by atoms with van der Waals surface area (Å²) in [6, 6.07) is 12.2. The summed E-state index contributed by atoms with van der Waals surface area (Å²) in [5.41, 5.74) is 1.91. The van der Waals surface area contributed by atoms with Crippen molar-refractivity contribution >= 4 is 12.2 Å². The third kappa shape index (κ3) is 3.95. The lowest BCUT2D eigenvalue weighted by Gasteiger charge is -2.13. The zero-order valence-electron chi connectivity index (χ0n) is 13.7. The Labute approximate surface area is 144 Å². The molecule has 0 radical (unpaired) electrons. The van der Waals surface area contributed by atoms with Crippen molar-refractivity contribution in [3.8, 4) is 5.95 Å². The number of amides is 1. The molecule has 7 nitrogen and oxygen atoms in total. The van der Waals surface area contributed by atoms with Gasteiger partial charge < -0.3 is 10.1 Å². The lowest BCUT2D eigenvalue weighted by Crippen LogP contribution is -2.38. The van der Waals surface area contributed by atoms with Gasteiger partial charge in [0.15, 0.2) is 0 Å². The van der Waals surface area contributed by atoms with Crippen molar-refractivity contribution in [3.05, 3.63) is 71.8 Å². The molecule has 3 rings (SSSR count). The number of carbonyl (C=O) groups excluding carboxylic acids is 2. The number of nitrogens with one attached hydrogen (secondary N) is 1. The zero-order valence-corrected chi connectivity index (χ0v) is 13.7. The number of rotatable bonds is 6. The molecule has 1 unspecified atom stereocenters. The summed E-state index contributed by atoms with van der Waals surface area (Å²) in [6.07, 6.45) is 4.30. The van der Waals surface area contributed by atoms with Crippen molar-refractivity contribution in [1.82, 2.24) is 25.1 Å². The van der Waals surface area contributed by atoms with E-state index in [2.05, 4.69) is 20.4 Å². The van der Waals surface area contributed by atoms with E-state index in [1.165, 1.54) is 4.68 Å². The van der Waals surface area contributed by atoms with Gasteiger partial charge in [-0.15, -0.1) is 0 Å². The molecular formula is C18H17N5O2. The quantitative estimate of drug-likeness (QED) is 0.690. The van der Waals surface area contributed by atoms with Gasteiger partial charge in [-0.1, -0.05) is 30.3 Å². The van der Waals surface area contributed by atoms with E-state index in [4.69, 9.17) is 0 Å². The molecule has 126 valence electrons. The van der Waals surface area contributed by atoms with E-state index < -0.39 is 11.9 Å². The molecule has 0 fully saturated rings. The first-order valence-electron chi connectivity index (χ1n) is 7.81. The molecule has 2 heterocycles. The summed E-state index contributed by atoms with van der Waals surface area (Å²) in [4.78, 5) is 32.2. The molecule has 0 aliphatic heterocycles. The highest BCUT2D eigenvalue weighted by atomic mass is 16.2. The molecule has 0 saturated heterocycles. The van der Waals surface area contributed by atoms with Gasteiger partial charge in [-0.25, -0.2) is 9.97 Å². The van der Waals surface area contributed by atoms with E-state index in [1.54, 1.807) is 31.5 Å². The smallest absolute Gasteiger partial charge is 0.270 e. The van der Waals surface area contributed by atoms with Crippen molar-refractivity contribution in [2.24, 2.45) is 0 Å². The average molecular weight is 335 g/mol. The molecule has 25 heavy (non-hydrogen) atoms. The fourth-order valence-electron chi connectivity index (χ4n) is 2.46. The van der Waals surface area contributed by atoms with Gasteiger partial charge in [0, 0.05) is 12.4 Å². The van der Waals surface area contributed by atoms with E-state index in [1.807, 2.05) is 30.3 Å². The first-order chi connectivity index (χ1) is 12.2. The number of aryl methyl sites for hydroxylation is 1. The molecule has 0 bridgehead atoms. The lowest BCUT2D eigenvalue weighted by atomic mass is 10.1. The summed E-state index contributed by atoms with van der Waals surface area (Å²) in [6.45, 7) is 1.78. The molecule has 0 aliphatic carbocycles. The van der Waals surface area contributed by atoms with Crippen LogP contribution in [0.2, 0.25) is 0 Å². The summed E-state index contributed by atoms with van der Waals surface area (Å²) in [7, 11) is 0. The van der Waals surface area contributed by atoms with Gasteiger partial charge in [0.1, 0.15) is 12.0 Å². The first-order valence-corrected chi connectivity index (χ1v) is 7.81. The summed E-state index contributed by atoms with van der Waals surface area (Å²) in [5.74, 6) is -0.104. The fraction of sp³-hybridized carbons (Fsp3) is 0.167. The molecule has 1 amide bonds. The Kier molecular flexibility index (Phi) is 4.94. The van der Waals surface area contributed by atoms with E-state index in [-0.39, 0.29) is 5.69 Å². The molecule has 0 aliphatic rings. The van der Waals surface area contributed by atoms with Gasteiger partial charge in [0.05, 0.1) is 11.7 Å². The number of aldehydes is 1. The van der Waals surface area contributed by atoms with Crippen molar-refractivity contribution in [2.45, 2.75) is 19.4 Å². The third-order valence-corrected chi connectivity index (χ3v) is 3.58.